The molecule has 3 rings (SSSR count). The minimum absolute atomic E-state index is 0. The van der Waals surface area contributed by atoms with Crippen LogP contribution in [0.4, 0.5) is 13.2 Å². The minimum Gasteiger partial charge on any atom is -0.348 e. The molecule has 0 spiro atoms. The number of amides is 1. The summed E-state index contributed by atoms with van der Waals surface area (Å²) >= 11 is 0. The summed E-state index contributed by atoms with van der Waals surface area (Å²) in [4.78, 5) is 12.3. The Labute approximate surface area is 154 Å². The number of carbonyl (C=O) groups is 1. The van der Waals surface area contributed by atoms with Gasteiger partial charge in [0.1, 0.15) is 5.69 Å². The predicted molar refractivity (Wildman–Crippen MR) is 93.7 cm³/mol. The van der Waals surface area contributed by atoms with Crippen LogP contribution in [0.1, 0.15) is 22.5 Å². The lowest BCUT2D eigenvalue weighted by atomic mass is 10.1. The molecule has 0 radical (unpaired) electrons. The van der Waals surface area contributed by atoms with Crippen molar-refractivity contribution < 1.29 is 18.0 Å². The van der Waals surface area contributed by atoms with Crippen LogP contribution in [0, 0.1) is 0 Å². The summed E-state index contributed by atoms with van der Waals surface area (Å²) in [7, 11) is 0. The van der Waals surface area contributed by atoms with Crippen molar-refractivity contribution in [2.75, 3.05) is 19.6 Å². The lowest BCUT2D eigenvalue weighted by molar-refractivity contribution is -0.142. The van der Waals surface area contributed by atoms with Gasteiger partial charge in [0.25, 0.3) is 5.91 Å². The summed E-state index contributed by atoms with van der Waals surface area (Å²) in [6.07, 6.45) is -0.544. The summed E-state index contributed by atoms with van der Waals surface area (Å²) in [6, 6.07) is 6.88. The van der Waals surface area contributed by atoms with Gasteiger partial charge in [0.05, 0.1) is 11.9 Å². The van der Waals surface area contributed by atoms with Crippen molar-refractivity contribution in [1.82, 2.24) is 20.4 Å². The van der Waals surface area contributed by atoms with E-state index >= 15 is 0 Å². The second-order valence-electron chi connectivity index (χ2n) is 5.68. The van der Waals surface area contributed by atoms with Gasteiger partial charge < -0.3 is 10.6 Å². The van der Waals surface area contributed by atoms with Gasteiger partial charge in [-0.05, 0) is 37.2 Å². The lowest BCUT2D eigenvalue weighted by Gasteiger charge is -2.15. The lowest BCUT2D eigenvalue weighted by Crippen LogP contribution is -2.29. The van der Waals surface area contributed by atoms with E-state index in [1.807, 2.05) is 6.08 Å². The topological polar surface area (TPSA) is 59.0 Å². The second-order valence-corrected chi connectivity index (χ2v) is 5.68. The molecule has 140 valence electrons. The van der Waals surface area contributed by atoms with E-state index in [-0.39, 0.29) is 29.6 Å². The Hall–Kier alpha value is -2.32. The van der Waals surface area contributed by atoms with E-state index in [0.29, 0.717) is 6.54 Å². The van der Waals surface area contributed by atoms with E-state index in [4.69, 9.17) is 0 Å². The van der Waals surface area contributed by atoms with Crippen molar-refractivity contribution in [3.63, 3.8) is 0 Å². The highest BCUT2D eigenvalue weighted by atomic mass is 35.5. The molecule has 1 aliphatic heterocycles. The molecule has 1 aliphatic rings. The zero-order valence-corrected chi connectivity index (χ0v) is 14.5. The van der Waals surface area contributed by atoms with Crippen LogP contribution in [0.15, 0.2) is 48.2 Å². The van der Waals surface area contributed by atoms with Crippen LogP contribution in [-0.4, -0.2) is 35.3 Å². The molecule has 2 N–H and O–H groups in total. The van der Waals surface area contributed by atoms with Crippen LogP contribution in [-0.2, 0) is 6.18 Å². The molecule has 0 aliphatic carbocycles. The number of rotatable bonds is 4. The minimum atomic E-state index is -4.52. The average molecular weight is 387 g/mol. The van der Waals surface area contributed by atoms with Crippen LogP contribution in [0.3, 0.4) is 0 Å². The van der Waals surface area contributed by atoms with Gasteiger partial charge in [0.2, 0.25) is 0 Å². The maximum absolute atomic E-state index is 13.0. The van der Waals surface area contributed by atoms with Gasteiger partial charge in [-0.3, -0.25) is 4.79 Å². The highest BCUT2D eigenvalue weighted by Gasteiger charge is 2.35. The van der Waals surface area contributed by atoms with Gasteiger partial charge in [0, 0.05) is 18.7 Å². The highest BCUT2D eigenvalue weighted by molar-refractivity contribution is 5.94. The van der Waals surface area contributed by atoms with Gasteiger partial charge in [-0.1, -0.05) is 17.7 Å². The second kappa shape index (κ2) is 8.37. The van der Waals surface area contributed by atoms with Gasteiger partial charge in [-0.2, -0.15) is 18.3 Å². The number of benzene rings is 1. The Morgan fingerprint density at radius 3 is 2.81 bits per heavy atom. The molecule has 0 saturated heterocycles. The van der Waals surface area contributed by atoms with Gasteiger partial charge in [-0.15, -0.1) is 12.4 Å². The van der Waals surface area contributed by atoms with Crippen LogP contribution < -0.4 is 10.6 Å². The summed E-state index contributed by atoms with van der Waals surface area (Å²) in [5.41, 5.74) is 0.723. The number of halogens is 4. The van der Waals surface area contributed by atoms with Crippen molar-refractivity contribution >= 4 is 18.3 Å². The average Bonchev–Trinajstić information content (AvgIpc) is 3.11. The molecule has 9 heteroatoms. The van der Waals surface area contributed by atoms with E-state index in [9.17, 15) is 18.0 Å². The number of alkyl halides is 3. The smallest absolute Gasteiger partial charge is 0.348 e. The van der Waals surface area contributed by atoms with Crippen LogP contribution in [0.2, 0.25) is 0 Å². The fraction of sp³-hybridized carbons (Fsp3) is 0.294. The van der Waals surface area contributed by atoms with Crippen molar-refractivity contribution in [3.05, 3.63) is 59.4 Å². The molecule has 0 atom stereocenters. The largest absolute Gasteiger partial charge is 0.433 e. The van der Waals surface area contributed by atoms with Crippen molar-refractivity contribution in [3.8, 4) is 5.69 Å². The fourth-order valence-corrected chi connectivity index (χ4v) is 2.63. The molecule has 2 aromatic rings. The Morgan fingerprint density at radius 1 is 1.31 bits per heavy atom. The number of nitrogens with one attached hydrogen (secondary N) is 2. The number of carbonyl (C=O) groups excluding carboxylic acids is 1. The van der Waals surface area contributed by atoms with Gasteiger partial charge in [-0.25, -0.2) is 4.68 Å². The standard InChI is InChI=1S/C17H17F3N4O.ClH/c18-17(19,20)15-6-9-23-24(15)14-3-1-2-13(10-14)16(25)22-11-12-4-7-21-8-5-12;/h1-4,6,9-10,21H,5,7-8,11H2,(H,22,25);1H. The fourth-order valence-electron chi connectivity index (χ4n) is 2.63. The monoisotopic (exact) mass is 386 g/mol. The predicted octanol–water partition coefficient (Wildman–Crippen LogP) is 2.96. The summed E-state index contributed by atoms with van der Waals surface area (Å²) in [5.74, 6) is -0.331. The SMILES string of the molecule is Cl.O=C(NCC1=CCNCC1)c1cccc(-n2nccc2C(F)(F)F)c1. The quantitative estimate of drug-likeness (QED) is 0.794. The number of hydrogen-bond acceptors (Lipinski definition) is 3. The third-order valence-electron chi connectivity index (χ3n) is 3.92. The number of nitrogens with zero attached hydrogens (tertiary/aromatic N) is 2. The molecule has 0 bridgehead atoms. The maximum atomic E-state index is 13.0. The van der Waals surface area contributed by atoms with Gasteiger partial charge in [0.15, 0.2) is 0 Å². The molecular formula is C17H18ClF3N4O. The summed E-state index contributed by atoms with van der Waals surface area (Å²) < 4.78 is 39.8. The molecule has 0 fully saturated rings. The Bertz CT molecular complexity index is 801. The zero-order chi connectivity index (χ0) is 17.9. The Kier molecular flexibility index (Phi) is 6.44. The first kappa shape index (κ1) is 20.0. The number of aromatic nitrogens is 2. The molecule has 0 saturated carbocycles. The molecular weight excluding hydrogens is 369 g/mol. The van der Waals surface area contributed by atoms with Crippen LogP contribution in [0.25, 0.3) is 5.69 Å². The highest BCUT2D eigenvalue weighted by Crippen LogP contribution is 2.30. The molecule has 2 heterocycles. The normalized spacial score (nSPS) is 14.3. The molecule has 1 aromatic carbocycles. The Balaban J connectivity index is 0.00000243. The first-order chi connectivity index (χ1) is 11.9. The van der Waals surface area contributed by atoms with E-state index in [1.54, 1.807) is 6.07 Å². The summed E-state index contributed by atoms with van der Waals surface area (Å²) in [6.45, 7) is 2.08. The van der Waals surface area contributed by atoms with Crippen LogP contribution >= 0.6 is 12.4 Å². The maximum Gasteiger partial charge on any atom is 0.433 e. The van der Waals surface area contributed by atoms with Gasteiger partial charge >= 0.3 is 6.18 Å². The molecule has 5 nitrogen and oxygen atoms in total. The molecule has 0 unspecified atom stereocenters. The van der Waals surface area contributed by atoms with E-state index < -0.39 is 11.9 Å². The first-order valence-electron chi connectivity index (χ1n) is 7.83. The molecule has 26 heavy (non-hydrogen) atoms. The van der Waals surface area contributed by atoms with Crippen molar-refractivity contribution in [2.24, 2.45) is 0 Å². The van der Waals surface area contributed by atoms with E-state index in [2.05, 4.69) is 15.7 Å². The van der Waals surface area contributed by atoms with E-state index in [0.717, 1.165) is 42.0 Å². The summed E-state index contributed by atoms with van der Waals surface area (Å²) in [5, 5.41) is 9.70. The zero-order valence-electron chi connectivity index (χ0n) is 13.7. The Morgan fingerprint density at radius 2 is 2.12 bits per heavy atom. The molecule has 1 aromatic heterocycles. The van der Waals surface area contributed by atoms with Crippen LogP contribution in [0.5, 0.6) is 0 Å². The van der Waals surface area contributed by atoms with Crippen molar-refractivity contribution in [1.29, 1.82) is 0 Å². The molecule has 1 amide bonds. The van der Waals surface area contributed by atoms with Crippen molar-refractivity contribution in [2.45, 2.75) is 12.6 Å². The third-order valence-corrected chi connectivity index (χ3v) is 3.92. The van der Waals surface area contributed by atoms with E-state index in [1.165, 1.54) is 18.2 Å². The first-order valence-corrected chi connectivity index (χ1v) is 7.83. The third kappa shape index (κ3) is 4.64. The number of hydrogen-bond donors (Lipinski definition) is 2.